The molecule has 64 valence electrons. The fraction of sp³-hybridized carbons (Fsp3) is 0.333. The van der Waals surface area contributed by atoms with Gasteiger partial charge in [-0.25, -0.2) is 4.57 Å². The Balaban J connectivity index is 0.00000121. The summed E-state index contributed by atoms with van der Waals surface area (Å²) in [5.74, 6) is 0. The lowest BCUT2D eigenvalue weighted by Crippen LogP contribution is -3.00. The van der Waals surface area contributed by atoms with Crippen molar-refractivity contribution in [2.45, 2.75) is 12.8 Å². The van der Waals surface area contributed by atoms with Crippen LogP contribution in [0.3, 0.4) is 0 Å². The summed E-state index contributed by atoms with van der Waals surface area (Å²) < 4.78 is 2.04. The van der Waals surface area contributed by atoms with E-state index in [0.717, 1.165) is 6.42 Å². The first-order chi connectivity index (χ1) is 5.34. The molecule has 2 nitrogen and oxygen atoms in total. The Morgan fingerprint density at radius 1 is 1.50 bits per heavy atom. The van der Waals surface area contributed by atoms with Gasteiger partial charge in [0.2, 0.25) is 0 Å². The summed E-state index contributed by atoms with van der Waals surface area (Å²) in [4.78, 5) is 0. The van der Waals surface area contributed by atoms with Crippen LogP contribution in [0.5, 0.6) is 0 Å². The number of pyridine rings is 1. The van der Waals surface area contributed by atoms with Gasteiger partial charge in [-0.3, -0.25) is 0 Å². The summed E-state index contributed by atoms with van der Waals surface area (Å²) >= 11 is 0. The predicted molar refractivity (Wildman–Crippen MR) is 41.6 cm³/mol. The average Bonchev–Trinajstić information content (AvgIpc) is 2.03. The lowest BCUT2D eigenvalue weighted by Gasteiger charge is -1.93. The maximum Gasteiger partial charge on any atom is 0.182 e. The lowest BCUT2D eigenvalue weighted by molar-refractivity contribution is -0.679. The van der Waals surface area contributed by atoms with Crippen molar-refractivity contribution in [1.82, 2.24) is 0 Å². The topological polar surface area (TPSA) is 27.7 Å². The average molecular weight is 274 g/mol. The Kier molecular flexibility index (Phi) is 5.64. The second kappa shape index (κ2) is 5.95. The van der Waals surface area contributed by atoms with Crippen LogP contribution in [0.1, 0.15) is 12.1 Å². The van der Waals surface area contributed by atoms with Crippen LogP contribution in [0.25, 0.3) is 0 Å². The molecule has 0 spiro atoms. The molecule has 0 radical (unpaired) electrons. The first-order valence-corrected chi connectivity index (χ1v) is 3.65. The fourth-order valence-corrected chi connectivity index (χ4v) is 1.00. The van der Waals surface area contributed by atoms with E-state index in [4.69, 9.17) is 5.26 Å². The molecule has 0 aliphatic heterocycles. The molecule has 0 unspecified atom stereocenters. The molecular formula is C9H11IN2. The van der Waals surface area contributed by atoms with Crippen LogP contribution in [0.2, 0.25) is 0 Å². The van der Waals surface area contributed by atoms with Crippen molar-refractivity contribution < 1.29 is 28.5 Å². The van der Waals surface area contributed by atoms with Crippen LogP contribution in [0, 0.1) is 11.3 Å². The molecule has 0 fully saturated rings. The Morgan fingerprint density at radius 2 is 2.25 bits per heavy atom. The number of aryl methyl sites for hydroxylation is 2. The molecule has 0 saturated heterocycles. The Bertz CT molecular complexity index is 278. The zero-order valence-corrected chi connectivity index (χ0v) is 9.15. The van der Waals surface area contributed by atoms with E-state index in [1.54, 1.807) is 0 Å². The van der Waals surface area contributed by atoms with E-state index in [-0.39, 0.29) is 24.0 Å². The van der Waals surface area contributed by atoms with Crippen molar-refractivity contribution in [1.29, 1.82) is 5.26 Å². The fourth-order valence-electron chi connectivity index (χ4n) is 1.00. The van der Waals surface area contributed by atoms with Gasteiger partial charge in [-0.1, -0.05) is 6.07 Å². The van der Waals surface area contributed by atoms with Gasteiger partial charge in [-0.15, -0.1) is 0 Å². The molecule has 1 heterocycles. The Morgan fingerprint density at radius 3 is 2.83 bits per heavy atom. The summed E-state index contributed by atoms with van der Waals surface area (Å²) in [5, 5.41) is 8.36. The van der Waals surface area contributed by atoms with Gasteiger partial charge in [0.25, 0.3) is 0 Å². The molecule has 1 aromatic rings. The molecular weight excluding hydrogens is 263 g/mol. The zero-order valence-electron chi connectivity index (χ0n) is 7.00. The van der Waals surface area contributed by atoms with Crippen LogP contribution >= 0.6 is 0 Å². The van der Waals surface area contributed by atoms with Gasteiger partial charge in [0.1, 0.15) is 7.05 Å². The lowest BCUT2D eigenvalue weighted by atomic mass is 10.2. The van der Waals surface area contributed by atoms with Crippen LogP contribution in [-0.2, 0) is 13.5 Å². The summed E-state index contributed by atoms with van der Waals surface area (Å²) in [6, 6.07) is 8.14. The second-order valence-electron chi connectivity index (χ2n) is 2.46. The van der Waals surface area contributed by atoms with E-state index in [1.165, 1.54) is 5.69 Å². The third kappa shape index (κ3) is 3.18. The highest BCUT2D eigenvalue weighted by molar-refractivity contribution is 4.98. The Hall–Kier alpha value is -0.630. The maximum absolute atomic E-state index is 8.36. The van der Waals surface area contributed by atoms with Crippen LogP contribution in [0.4, 0.5) is 0 Å². The molecule has 1 rings (SSSR count). The maximum atomic E-state index is 8.36. The number of nitriles is 1. The molecule has 12 heavy (non-hydrogen) atoms. The van der Waals surface area contributed by atoms with Crippen LogP contribution in [-0.4, -0.2) is 0 Å². The molecule has 0 aliphatic rings. The third-order valence-corrected chi connectivity index (χ3v) is 1.66. The van der Waals surface area contributed by atoms with Gasteiger partial charge >= 0.3 is 0 Å². The summed E-state index contributed by atoms with van der Waals surface area (Å²) in [5.41, 5.74) is 1.20. The van der Waals surface area contributed by atoms with E-state index in [1.807, 2.05) is 36.0 Å². The van der Waals surface area contributed by atoms with E-state index in [0.29, 0.717) is 6.42 Å². The second-order valence-corrected chi connectivity index (χ2v) is 2.46. The van der Waals surface area contributed by atoms with Gasteiger partial charge < -0.3 is 24.0 Å². The van der Waals surface area contributed by atoms with Crippen molar-refractivity contribution >= 4 is 0 Å². The van der Waals surface area contributed by atoms with Crippen molar-refractivity contribution in [2.24, 2.45) is 7.05 Å². The summed E-state index contributed by atoms with van der Waals surface area (Å²) in [6.45, 7) is 0. The summed E-state index contributed by atoms with van der Waals surface area (Å²) in [7, 11) is 1.99. The minimum atomic E-state index is 0. The third-order valence-electron chi connectivity index (χ3n) is 1.66. The van der Waals surface area contributed by atoms with E-state index in [2.05, 4.69) is 6.07 Å². The van der Waals surface area contributed by atoms with Gasteiger partial charge in [0.05, 0.1) is 6.07 Å². The van der Waals surface area contributed by atoms with Crippen LogP contribution < -0.4 is 28.5 Å². The normalized spacial score (nSPS) is 8.33. The molecule has 0 saturated carbocycles. The highest BCUT2D eigenvalue weighted by Crippen LogP contribution is 1.94. The zero-order chi connectivity index (χ0) is 8.10. The smallest absolute Gasteiger partial charge is 0.182 e. The van der Waals surface area contributed by atoms with Crippen molar-refractivity contribution in [3.63, 3.8) is 0 Å². The Labute approximate surface area is 89.9 Å². The van der Waals surface area contributed by atoms with Gasteiger partial charge in [0.15, 0.2) is 11.9 Å². The highest BCUT2D eigenvalue weighted by Gasteiger charge is 2.01. The molecule has 0 bridgehead atoms. The van der Waals surface area contributed by atoms with Gasteiger partial charge in [-0.05, 0) is 0 Å². The van der Waals surface area contributed by atoms with Crippen molar-refractivity contribution in [2.75, 3.05) is 0 Å². The van der Waals surface area contributed by atoms with E-state index >= 15 is 0 Å². The highest BCUT2D eigenvalue weighted by atomic mass is 127. The number of halogens is 1. The van der Waals surface area contributed by atoms with Crippen LogP contribution in [0.15, 0.2) is 24.4 Å². The van der Waals surface area contributed by atoms with Crippen molar-refractivity contribution in [3.8, 4) is 6.07 Å². The largest absolute Gasteiger partial charge is 1.00 e. The van der Waals surface area contributed by atoms with Gasteiger partial charge in [-0.2, -0.15) is 5.26 Å². The number of hydrogen-bond donors (Lipinski definition) is 0. The number of rotatable bonds is 2. The number of hydrogen-bond acceptors (Lipinski definition) is 1. The first-order valence-electron chi connectivity index (χ1n) is 3.65. The SMILES string of the molecule is C[n+]1ccccc1CCC#N.[I-]. The molecule has 0 atom stereocenters. The minimum absolute atomic E-state index is 0. The minimum Gasteiger partial charge on any atom is -1.00 e. The predicted octanol–water partition coefficient (Wildman–Crippen LogP) is -2.03. The standard InChI is InChI=1S/C9H11N2.HI/c1-11-8-3-2-5-9(11)6-4-7-10;/h2-3,5,8H,4,6H2,1H3;1H/q+1;/p-1. The van der Waals surface area contributed by atoms with E-state index in [9.17, 15) is 0 Å². The molecule has 3 heteroatoms. The quantitative estimate of drug-likeness (QED) is 0.451. The molecule has 0 aliphatic carbocycles. The van der Waals surface area contributed by atoms with Crippen molar-refractivity contribution in [3.05, 3.63) is 30.1 Å². The first kappa shape index (κ1) is 11.4. The number of aromatic nitrogens is 1. The molecule has 0 amide bonds. The molecule has 0 aromatic carbocycles. The molecule has 0 N–H and O–H groups in total. The number of nitrogens with zero attached hydrogens (tertiary/aromatic N) is 2. The molecule has 1 aromatic heterocycles. The van der Waals surface area contributed by atoms with E-state index < -0.39 is 0 Å². The summed E-state index contributed by atoms with van der Waals surface area (Å²) in [6.07, 6.45) is 3.43. The monoisotopic (exact) mass is 274 g/mol. The van der Waals surface area contributed by atoms with Gasteiger partial charge in [0, 0.05) is 25.0 Å².